The summed E-state index contributed by atoms with van der Waals surface area (Å²) < 4.78 is 0. The van der Waals surface area contributed by atoms with Crippen molar-refractivity contribution in [1.82, 2.24) is 0 Å². The lowest BCUT2D eigenvalue weighted by Gasteiger charge is -2.07. The van der Waals surface area contributed by atoms with Crippen LogP contribution in [0.1, 0.15) is 19.8 Å². The van der Waals surface area contributed by atoms with Gasteiger partial charge in [0.1, 0.15) is 0 Å². The fraction of sp³-hybridized carbons (Fsp3) is 0.300. The van der Waals surface area contributed by atoms with Crippen molar-refractivity contribution in [3.05, 3.63) is 35.6 Å². The number of aliphatic imine (C=N–C) groups is 1. The molecule has 1 rings (SSSR count). The highest BCUT2D eigenvalue weighted by molar-refractivity contribution is 5.41. The maximum absolute atomic E-state index is 3.94. The van der Waals surface area contributed by atoms with Gasteiger partial charge >= 0.3 is 0 Å². The molecule has 1 nitrogen and oxygen atoms in total. The minimum absolute atomic E-state index is 1.02. The second kappa shape index (κ2) is 3.91. The van der Waals surface area contributed by atoms with Crippen LogP contribution in [0.3, 0.4) is 0 Å². The Morgan fingerprint density at radius 2 is 2.45 bits per heavy atom. The predicted octanol–water partition coefficient (Wildman–Crippen LogP) is 2.87. The van der Waals surface area contributed by atoms with E-state index in [1.807, 2.05) is 19.1 Å². The molecule has 0 aromatic heterocycles. The molecule has 58 valence electrons. The molecule has 0 atom stereocenters. The van der Waals surface area contributed by atoms with Crippen molar-refractivity contribution in [2.45, 2.75) is 19.8 Å². The molecule has 1 aliphatic carbocycles. The number of allylic oxidation sites excluding steroid dienone is 5. The molecule has 0 aliphatic heterocycles. The zero-order valence-electron chi connectivity index (χ0n) is 6.88. The van der Waals surface area contributed by atoms with Crippen molar-refractivity contribution in [1.29, 1.82) is 0 Å². The van der Waals surface area contributed by atoms with Gasteiger partial charge in [-0.1, -0.05) is 18.2 Å². The van der Waals surface area contributed by atoms with Crippen LogP contribution in [0.4, 0.5) is 0 Å². The average molecular weight is 147 g/mol. The molecule has 0 amide bonds. The molecule has 0 N–H and O–H groups in total. The summed E-state index contributed by atoms with van der Waals surface area (Å²) in [6.45, 7) is 5.54. The van der Waals surface area contributed by atoms with Crippen molar-refractivity contribution in [3.63, 3.8) is 0 Å². The summed E-state index contributed by atoms with van der Waals surface area (Å²) in [5, 5.41) is 0. The minimum Gasteiger partial charge on any atom is -0.264 e. The van der Waals surface area contributed by atoms with Gasteiger partial charge in [-0.3, -0.25) is 4.99 Å². The Morgan fingerprint density at radius 3 is 3.09 bits per heavy atom. The standard InChI is InChI=1S/C10H13N/c1-3-6-9-7-4-5-8-10(9)11-2/h3,5-6,8H,2,4,7H2,1H3/b6-3-. The fourth-order valence-corrected chi connectivity index (χ4v) is 1.19. The summed E-state index contributed by atoms with van der Waals surface area (Å²) in [6.07, 6.45) is 10.5. The summed E-state index contributed by atoms with van der Waals surface area (Å²) >= 11 is 0. The zero-order chi connectivity index (χ0) is 8.10. The molecule has 0 aromatic rings. The third kappa shape index (κ3) is 1.90. The van der Waals surface area contributed by atoms with E-state index in [2.05, 4.69) is 23.9 Å². The topological polar surface area (TPSA) is 12.4 Å². The number of hydrogen-bond donors (Lipinski definition) is 0. The first-order valence-corrected chi connectivity index (χ1v) is 3.87. The van der Waals surface area contributed by atoms with Crippen molar-refractivity contribution >= 4 is 6.72 Å². The lowest BCUT2D eigenvalue weighted by atomic mass is 10.0. The highest BCUT2D eigenvalue weighted by Gasteiger charge is 2.02. The maximum Gasteiger partial charge on any atom is 0.0651 e. The van der Waals surface area contributed by atoms with Crippen LogP contribution >= 0.6 is 0 Å². The van der Waals surface area contributed by atoms with E-state index in [1.54, 1.807) is 0 Å². The third-order valence-corrected chi connectivity index (χ3v) is 1.72. The van der Waals surface area contributed by atoms with Gasteiger partial charge in [0.15, 0.2) is 0 Å². The van der Waals surface area contributed by atoms with Crippen LogP contribution in [0, 0.1) is 0 Å². The molecule has 1 heteroatoms. The number of hydrogen-bond acceptors (Lipinski definition) is 1. The van der Waals surface area contributed by atoms with E-state index in [9.17, 15) is 0 Å². The Bertz CT molecular complexity index is 231. The Morgan fingerprint density at radius 1 is 1.64 bits per heavy atom. The predicted molar refractivity (Wildman–Crippen MR) is 49.8 cm³/mol. The number of rotatable bonds is 2. The molecule has 0 spiro atoms. The van der Waals surface area contributed by atoms with Crippen LogP contribution in [0.5, 0.6) is 0 Å². The first-order valence-electron chi connectivity index (χ1n) is 3.87. The van der Waals surface area contributed by atoms with Gasteiger partial charge in [0.25, 0.3) is 0 Å². The molecule has 0 radical (unpaired) electrons. The Kier molecular flexibility index (Phi) is 2.84. The monoisotopic (exact) mass is 147 g/mol. The van der Waals surface area contributed by atoms with Gasteiger partial charge in [-0.15, -0.1) is 0 Å². The Labute approximate surface area is 67.8 Å². The van der Waals surface area contributed by atoms with E-state index in [-0.39, 0.29) is 0 Å². The summed E-state index contributed by atoms with van der Waals surface area (Å²) in [4.78, 5) is 3.94. The first kappa shape index (κ1) is 7.99. The van der Waals surface area contributed by atoms with Crippen LogP contribution in [0.25, 0.3) is 0 Å². The van der Waals surface area contributed by atoms with Crippen LogP contribution in [0.15, 0.2) is 40.6 Å². The van der Waals surface area contributed by atoms with Gasteiger partial charge in [-0.25, -0.2) is 0 Å². The molecular formula is C10H13N. The highest BCUT2D eigenvalue weighted by Crippen LogP contribution is 2.20. The number of nitrogens with zero attached hydrogens (tertiary/aromatic N) is 1. The van der Waals surface area contributed by atoms with Gasteiger partial charge in [-0.2, -0.15) is 0 Å². The normalized spacial score (nSPS) is 17.9. The molecule has 11 heavy (non-hydrogen) atoms. The van der Waals surface area contributed by atoms with E-state index >= 15 is 0 Å². The third-order valence-electron chi connectivity index (χ3n) is 1.72. The van der Waals surface area contributed by atoms with Crippen molar-refractivity contribution in [2.75, 3.05) is 0 Å². The summed E-state index contributed by atoms with van der Waals surface area (Å²) in [7, 11) is 0. The van der Waals surface area contributed by atoms with Gasteiger partial charge in [0.05, 0.1) is 5.70 Å². The molecule has 0 saturated heterocycles. The fourth-order valence-electron chi connectivity index (χ4n) is 1.19. The summed E-state index contributed by atoms with van der Waals surface area (Å²) in [6, 6.07) is 0. The van der Waals surface area contributed by atoms with Crippen LogP contribution < -0.4 is 0 Å². The molecular weight excluding hydrogens is 134 g/mol. The highest BCUT2D eigenvalue weighted by atomic mass is 14.7. The second-order valence-electron chi connectivity index (χ2n) is 2.51. The summed E-state index contributed by atoms with van der Waals surface area (Å²) in [5.74, 6) is 0. The smallest absolute Gasteiger partial charge is 0.0651 e. The maximum atomic E-state index is 3.94. The van der Waals surface area contributed by atoms with E-state index in [0.717, 1.165) is 18.5 Å². The van der Waals surface area contributed by atoms with Crippen molar-refractivity contribution in [2.24, 2.45) is 4.99 Å². The van der Waals surface area contributed by atoms with Crippen molar-refractivity contribution < 1.29 is 0 Å². The molecule has 0 fully saturated rings. The largest absolute Gasteiger partial charge is 0.264 e. The van der Waals surface area contributed by atoms with Gasteiger partial charge < -0.3 is 0 Å². The molecule has 0 saturated carbocycles. The lowest BCUT2D eigenvalue weighted by Crippen LogP contribution is -1.89. The average Bonchev–Trinajstić information content (AvgIpc) is 2.06. The molecule has 0 heterocycles. The molecule has 0 unspecified atom stereocenters. The second-order valence-corrected chi connectivity index (χ2v) is 2.51. The van der Waals surface area contributed by atoms with Crippen LogP contribution in [0.2, 0.25) is 0 Å². The van der Waals surface area contributed by atoms with Gasteiger partial charge in [0, 0.05) is 0 Å². The van der Waals surface area contributed by atoms with E-state index in [0.29, 0.717) is 0 Å². The SMILES string of the molecule is C=NC1=C(/C=C\C)CCC=C1. The Balaban J connectivity index is 2.91. The quantitative estimate of drug-likeness (QED) is 0.532. The molecule has 0 aromatic carbocycles. The molecule has 1 aliphatic rings. The Hall–Kier alpha value is -1.11. The van der Waals surface area contributed by atoms with Gasteiger partial charge in [0.2, 0.25) is 0 Å². The van der Waals surface area contributed by atoms with E-state index in [1.165, 1.54) is 5.57 Å². The molecule has 0 bridgehead atoms. The zero-order valence-corrected chi connectivity index (χ0v) is 6.88. The van der Waals surface area contributed by atoms with E-state index in [4.69, 9.17) is 0 Å². The first-order chi connectivity index (χ1) is 5.38. The van der Waals surface area contributed by atoms with E-state index < -0.39 is 0 Å². The van der Waals surface area contributed by atoms with Crippen LogP contribution in [-0.4, -0.2) is 6.72 Å². The minimum atomic E-state index is 1.02. The lowest BCUT2D eigenvalue weighted by molar-refractivity contribution is 0.963. The van der Waals surface area contributed by atoms with Gasteiger partial charge in [-0.05, 0) is 38.1 Å². The van der Waals surface area contributed by atoms with Crippen molar-refractivity contribution in [3.8, 4) is 0 Å². The van der Waals surface area contributed by atoms with Crippen LogP contribution in [-0.2, 0) is 0 Å². The summed E-state index contributed by atoms with van der Waals surface area (Å²) in [5.41, 5.74) is 2.32.